The van der Waals surface area contributed by atoms with Crippen molar-refractivity contribution in [3.05, 3.63) is 28.2 Å². The minimum atomic E-state index is -1.11. The van der Waals surface area contributed by atoms with E-state index < -0.39 is 17.4 Å². The fraction of sp³-hybridized carbons (Fsp3) is 0.385. The molecule has 104 valence electrons. The molecule has 0 bridgehead atoms. The molecule has 1 unspecified atom stereocenters. The second-order valence-electron chi connectivity index (χ2n) is 4.59. The van der Waals surface area contributed by atoms with Gasteiger partial charge in [0, 0.05) is 4.47 Å². The highest BCUT2D eigenvalue weighted by atomic mass is 79.9. The van der Waals surface area contributed by atoms with Crippen LogP contribution >= 0.6 is 15.9 Å². The zero-order chi connectivity index (χ0) is 14.6. The summed E-state index contributed by atoms with van der Waals surface area (Å²) < 4.78 is 0.507. The third kappa shape index (κ3) is 3.78. The lowest BCUT2D eigenvalue weighted by Gasteiger charge is -2.23. The molecule has 0 saturated carbocycles. The second kappa shape index (κ2) is 6.16. The van der Waals surface area contributed by atoms with Crippen LogP contribution in [0.3, 0.4) is 0 Å². The van der Waals surface area contributed by atoms with Crippen molar-refractivity contribution in [1.29, 1.82) is 0 Å². The van der Waals surface area contributed by atoms with Gasteiger partial charge in [-0.25, -0.2) is 4.79 Å². The molecule has 1 amide bonds. The highest BCUT2D eigenvalue weighted by Gasteiger charge is 2.28. The van der Waals surface area contributed by atoms with Crippen LogP contribution in [-0.4, -0.2) is 22.5 Å². The minimum Gasteiger partial charge on any atom is -0.478 e. The van der Waals surface area contributed by atoms with Crippen molar-refractivity contribution in [1.82, 2.24) is 0 Å². The van der Waals surface area contributed by atoms with E-state index in [1.54, 1.807) is 19.1 Å². The van der Waals surface area contributed by atoms with E-state index in [-0.39, 0.29) is 11.3 Å². The van der Waals surface area contributed by atoms with E-state index in [4.69, 9.17) is 10.8 Å². The van der Waals surface area contributed by atoms with Gasteiger partial charge in [-0.05, 0) is 41.4 Å². The van der Waals surface area contributed by atoms with Gasteiger partial charge in [0.2, 0.25) is 5.91 Å². The van der Waals surface area contributed by atoms with Gasteiger partial charge in [0.1, 0.15) is 0 Å². The number of halogens is 1. The van der Waals surface area contributed by atoms with Gasteiger partial charge in [-0.15, -0.1) is 0 Å². The molecule has 1 aromatic rings. The molecule has 0 fully saturated rings. The predicted molar refractivity (Wildman–Crippen MR) is 77.2 cm³/mol. The summed E-state index contributed by atoms with van der Waals surface area (Å²) in [6.07, 6.45) is 1.29. The van der Waals surface area contributed by atoms with Crippen LogP contribution in [0.2, 0.25) is 0 Å². The number of nitrogens with one attached hydrogen (secondary N) is 1. The Morgan fingerprint density at radius 3 is 2.63 bits per heavy atom. The lowest BCUT2D eigenvalue weighted by atomic mass is 9.96. The standard InChI is InChI=1S/C13H17BrN2O3/c1-3-7-13(2,15)12(19)16-10-8(11(17)18)5-4-6-9(10)14/h4-6H,3,7,15H2,1-2H3,(H,16,19)(H,17,18). The van der Waals surface area contributed by atoms with E-state index in [1.807, 2.05) is 6.92 Å². The van der Waals surface area contributed by atoms with Crippen molar-refractivity contribution in [2.45, 2.75) is 32.2 Å². The van der Waals surface area contributed by atoms with E-state index in [9.17, 15) is 9.59 Å². The third-order valence-electron chi connectivity index (χ3n) is 2.77. The molecule has 4 N–H and O–H groups in total. The zero-order valence-corrected chi connectivity index (χ0v) is 12.5. The van der Waals surface area contributed by atoms with E-state index >= 15 is 0 Å². The molecule has 0 aliphatic heterocycles. The summed E-state index contributed by atoms with van der Waals surface area (Å²) in [6.45, 7) is 3.56. The van der Waals surface area contributed by atoms with Crippen LogP contribution in [0, 0.1) is 0 Å². The van der Waals surface area contributed by atoms with Crippen molar-refractivity contribution in [3.63, 3.8) is 0 Å². The van der Waals surface area contributed by atoms with E-state index in [0.29, 0.717) is 10.9 Å². The van der Waals surface area contributed by atoms with Crippen LogP contribution < -0.4 is 11.1 Å². The van der Waals surface area contributed by atoms with Gasteiger partial charge in [-0.1, -0.05) is 19.4 Å². The van der Waals surface area contributed by atoms with Gasteiger partial charge in [0.15, 0.2) is 0 Å². The van der Waals surface area contributed by atoms with Crippen molar-refractivity contribution in [2.75, 3.05) is 5.32 Å². The van der Waals surface area contributed by atoms with Gasteiger partial charge in [0.05, 0.1) is 16.8 Å². The number of carboxylic acid groups (broad SMARTS) is 1. The summed E-state index contributed by atoms with van der Waals surface area (Å²) in [6, 6.07) is 4.68. The van der Waals surface area contributed by atoms with Crippen LogP contribution in [0.5, 0.6) is 0 Å². The fourth-order valence-electron chi connectivity index (χ4n) is 1.72. The molecule has 0 radical (unpaired) electrons. The lowest BCUT2D eigenvalue weighted by Crippen LogP contribution is -2.48. The topological polar surface area (TPSA) is 92.4 Å². The van der Waals surface area contributed by atoms with E-state index in [1.165, 1.54) is 6.07 Å². The molecule has 0 heterocycles. The SMILES string of the molecule is CCCC(C)(N)C(=O)Nc1c(Br)cccc1C(=O)O. The van der Waals surface area contributed by atoms with Gasteiger partial charge in [0.25, 0.3) is 0 Å². The maximum Gasteiger partial charge on any atom is 0.337 e. The molecule has 0 aromatic heterocycles. The van der Waals surface area contributed by atoms with Gasteiger partial charge in [-0.2, -0.15) is 0 Å². The number of rotatable bonds is 5. The molecular formula is C13H17BrN2O3. The summed E-state index contributed by atoms with van der Waals surface area (Å²) in [7, 11) is 0. The summed E-state index contributed by atoms with van der Waals surface area (Å²) in [5.74, 6) is -1.51. The molecule has 0 spiro atoms. The number of anilines is 1. The Morgan fingerprint density at radius 2 is 2.11 bits per heavy atom. The maximum atomic E-state index is 12.1. The third-order valence-corrected chi connectivity index (χ3v) is 3.43. The first kappa shape index (κ1) is 15.7. The average molecular weight is 329 g/mol. The molecule has 1 rings (SSSR count). The minimum absolute atomic E-state index is 0.0232. The number of benzene rings is 1. The van der Waals surface area contributed by atoms with Crippen molar-refractivity contribution >= 4 is 33.5 Å². The summed E-state index contributed by atoms with van der Waals surface area (Å²) in [5.41, 5.74) is 5.14. The highest BCUT2D eigenvalue weighted by Crippen LogP contribution is 2.27. The Balaban J connectivity index is 3.06. The summed E-state index contributed by atoms with van der Waals surface area (Å²) >= 11 is 3.23. The van der Waals surface area contributed by atoms with Crippen LogP contribution in [0.25, 0.3) is 0 Å². The van der Waals surface area contributed by atoms with Crippen LogP contribution in [0.1, 0.15) is 37.0 Å². The Bertz CT molecular complexity index is 501. The number of carbonyl (C=O) groups excluding carboxylic acids is 1. The highest BCUT2D eigenvalue weighted by molar-refractivity contribution is 9.10. The number of nitrogens with two attached hydrogens (primary N) is 1. The molecule has 19 heavy (non-hydrogen) atoms. The second-order valence-corrected chi connectivity index (χ2v) is 5.44. The number of carbonyl (C=O) groups is 2. The first-order valence-electron chi connectivity index (χ1n) is 5.91. The number of hydrogen-bond acceptors (Lipinski definition) is 3. The fourth-order valence-corrected chi connectivity index (χ4v) is 2.18. The zero-order valence-electron chi connectivity index (χ0n) is 10.9. The molecule has 6 heteroatoms. The van der Waals surface area contributed by atoms with Crippen LogP contribution in [0.15, 0.2) is 22.7 Å². The lowest BCUT2D eigenvalue weighted by molar-refractivity contribution is -0.120. The molecule has 1 aromatic carbocycles. The monoisotopic (exact) mass is 328 g/mol. The molecule has 1 atom stereocenters. The molecule has 0 aliphatic rings. The molecule has 0 saturated heterocycles. The Morgan fingerprint density at radius 1 is 1.47 bits per heavy atom. The predicted octanol–water partition coefficient (Wildman–Crippen LogP) is 2.60. The number of aromatic carboxylic acids is 1. The molecule has 0 aliphatic carbocycles. The van der Waals surface area contributed by atoms with Crippen LogP contribution in [-0.2, 0) is 4.79 Å². The average Bonchev–Trinajstić information content (AvgIpc) is 2.31. The number of para-hydroxylation sites is 1. The van der Waals surface area contributed by atoms with Crippen molar-refractivity contribution < 1.29 is 14.7 Å². The normalized spacial score (nSPS) is 13.7. The maximum absolute atomic E-state index is 12.1. The van der Waals surface area contributed by atoms with Crippen LogP contribution in [0.4, 0.5) is 5.69 Å². The Kier molecular flexibility index (Phi) is 5.08. The number of carboxylic acids is 1. The quantitative estimate of drug-likeness (QED) is 0.774. The Hall–Kier alpha value is -1.40. The number of hydrogen-bond donors (Lipinski definition) is 3. The number of amides is 1. The van der Waals surface area contributed by atoms with Gasteiger partial charge < -0.3 is 16.2 Å². The largest absolute Gasteiger partial charge is 0.478 e. The molecule has 5 nitrogen and oxygen atoms in total. The van der Waals surface area contributed by atoms with Crippen molar-refractivity contribution in [2.24, 2.45) is 5.73 Å². The van der Waals surface area contributed by atoms with E-state index in [2.05, 4.69) is 21.2 Å². The molecular weight excluding hydrogens is 312 g/mol. The smallest absolute Gasteiger partial charge is 0.337 e. The summed E-state index contributed by atoms with van der Waals surface area (Å²) in [5, 5.41) is 11.7. The Labute approximate surface area is 120 Å². The first-order chi connectivity index (χ1) is 8.79. The van der Waals surface area contributed by atoms with E-state index in [0.717, 1.165) is 6.42 Å². The van der Waals surface area contributed by atoms with Gasteiger partial charge in [-0.3, -0.25) is 4.79 Å². The van der Waals surface area contributed by atoms with Crippen molar-refractivity contribution in [3.8, 4) is 0 Å². The first-order valence-corrected chi connectivity index (χ1v) is 6.71. The summed E-state index contributed by atoms with van der Waals surface area (Å²) in [4.78, 5) is 23.2. The van der Waals surface area contributed by atoms with Gasteiger partial charge >= 0.3 is 5.97 Å².